The van der Waals surface area contributed by atoms with Crippen LogP contribution >= 0.6 is 0 Å². The maximum absolute atomic E-state index is 11.1. The molecule has 2 saturated heterocycles. The summed E-state index contributed by atoms with van der Waals surface area (Å²) < 4.78 is 26.3. The zero-order valence-electron chi connectivity index (χ0n) is 19.9. The summed E-state index contributed by atoms with van der Waals surface area (Å²) in [7, 11) is 1.37. The molecule has 13 nitrogen and oxygen atoms in total. The van der Waals surface area contributed by atoms with E-state index in [9.17, 15) is 40.5 Å². The highest BCUT2D eigenvalue weighted by Crippen LogP contribution is 2.26. The minimum absolute atomic E-state index is 0.214. The first-order chi connectivity index (χ1) is 16.7. The summed E-state index contributed by atoms with van der Waals surface area (Å²) in [5, 5.41) is 69.6. The second kappa shape index (κ2) is 15.3. The fourth-order valence-electron chi connectivity index (χ4n) is 3.97. The van der Waals surface area contributed by atoms with E-state index in [4.69, 9.17) is 18.9 Å². The molecule has 2 heterocycles. The van der Waals surface area contributed by atoms with E-state index in [1.54, 1.807) is 0 Å². The van der Waals surface area contributed by atoms with E-state index >= 15 is 0 Å². The molecular weight excluding hydrogens is 472 g/mol. The monoisotopic (exact) mass is 512 g/mol. The van der Waals surface area contributed by atoms with Gasteiger partial charge in [-0.2, -0.15) is 0 Å². The Bertz CT molecular complexity index is 606. The third kappa shape index (κ3) is 8.83. The molecule has 2 aliphatic heterocycles. The molecule has 2 rings (SSSR count). The van der Waals surface area contributed by atoms with Crippen molar-refractivity contribution in [3.05, 3.63) is 0 Å². The van der Waals surface area contributed by atoms with Crippen LogP contribution < -0.4 is 0 Å². The summed E-state index contributed by atoms with van der Waals surface area (Å²) in [6, 6.07) is 0. The fraction of sp³-hybridized carbons (Fsp3) is 0.955. The number of hydrogen-bond acceptors (Lipinski definition) is 13. The molecule has 0 aliphatic carbocycles. The largest absolute Gasteiger partial charge is 0.469 e. The lowest BCUT2D eigenvalue weighted by molar-refractivity contribution is -0.331. The molecular formula is C22H40O13. The van der Waals surface area contributed by atoms with E-state index in [-0.39, 0.29) is 12.6 Å². The summed E-state index contributed by atoms with van der Waals surface area (Å²) in [5.41, 5.74) is 0. The lowest BCUT2D eigenvalue weighted by Gasteiger charge is -2.42. The normalized spacial score (nSPS) is 37.8. The summed E-state index contributed by atoms with van der Waals surface area (Å²) in [5.74, 6) is -0.214. The topological polar surface area (TPSA) is 205 Å². The van der Waals surface area contributed by atoms with Crippen molar-refractivity contribution in [1.82, 2.24) is 0 Å². The van der Waals surface area contributed by atoms with Gasteiger partial charge in [-0.15, -0.1) is 0 Å². The number of hydrogen-bond donors (Lipinski definition) is 7. The Balaban J connectivity index is 1.72. The average Bonchev–Trinajstić information content (AvgIpc) is 2.86. The van der Waals surface area contributed by atoms with Gasteiger partial charge in [-0.1, -0.05) is 25.7 Å². The number of aliphatic hydroxyl groups excluding tert-OH is 7. The molecule has 0 aromatic carbocycles. The number of ether oxygens (including phenoxy) is 5. The second-order valence-electron chi connectivity index (χ2n) is 8.86. The number of aliphatic hydroxyl groups is 7. The minimum atomic E-state index is -1.63. The van der Waals surface area contributed by atoms with Gasteiger partial charge in [-0.05, 0) is 12.8 Å². The number of carbonyl (C=O) groups is 1. The highest BCUT2D eigenvalue weighted by molar-refractivity contribution is 5.68. The maximum atomic E-state index is 11.1. The van der Waals surface area contributed by atoms with Crippen molar-refractivity contribution in [1.29, 1.82) is 0 Å². The molecule has 7 N–H and O–H groups in total. The first-order valence-corrected chi connectivity index (χ1v) is 12.0. The van der Waals surface area contributed by atoms with Crippen LogP contribution in [-0.2, 0) is 28.5 Å². The summed E-state index contributed by atoms with van der Waals surface area (Å²) in [6.45, 7) is -0.784. The number of unbranched alkanes of at least 4 members (excludes halogenated alkanes) is 5. The first-order valence-electron chi connectivity index (χ1n) is 12.0. The van der Waals surface area contributed by atoms with Gasteiger partial charge in [-0.3, -0.25) is 4.79 Å². The Morgan fingerprint density at radius 2 is 1.20 bits per heavy atom. The predicted octanol–water partition coefficient (Wildman–Crippen LogP) is -2.47. The van der Waals surface area contributed by atoms with Crippen LogP contribution in [-0.4, -0.2) is 130 Å². The number of methoxy groups -OCH3 is 1. The standard InChI is InChI=1S/C22H40O13/c1-31-14(24)8-6-4-2-3-5-7-9-32-21-19(29)18(28)16(26)13(35-21)11-33-22-20(30)17(27)15(25)12(10-23)34-22/h12-13,15-23,25-30H,2-11H2,1H3/t12-,13-,15+,16-,17+,18+,19-,20-,21-,22+/m1/s1. The molecule has 0 unspecified atom stereocenters. The molecule has 13 heteroatoms. The highest BCUT2D eigenvalue weighted by Gasteiger charge is 2.47. The molecule has 0 aromatic heterocycles. The zero-order valence-corrected chi connectivity index (χ0v) is 19.9. The lowest BCUT2D eigenvalue weighted by atomic mass is 9.98. The van der Waals surface area contributed by atoms with Crippen LogP contribution in [0.3, 0.4) is 0 Å². The van der Waals surface area contributed by atoms with Crippen LogP contribution in [0.4, 0.5) is 0 Å². The van der Waals surface area contributed by atoms with Crippen molar-refractivity contribution in [2.75, 3.05) is 26.9 Å². The fourth-order valence-corrected chi connectivity index (χ4v) is 3.97. The molecule has 0 amide bonds. The van der Waals surface area contributed by atoms with Gasteiger partial charge in [0.05, 0.1) is 20.3 Å². The van der Waals surface area contributed by atoms with E-state index in [0.29, 0.717) is 12.8 Å². The van der Waals surface area contributed by atoms with Gasteiger partial charge in [0.25, 0.3) is 0 Å². The van der Waals surface area contributed by atoms with Crippen LogP contribution in [0.15, 0.2) is 0 Å². The van der Waals surface area contributed by atoms with Gasteiger partial charge < -0.3 is 59.4 Å². The Morgan fingerprint density at radius 3 is 1.80 bits per heavy atom. The van der Waals surface area contributed by atoms with Crippen LogP contribution in [0.5, 0.6) is 0 Å². The summed E-state index contributed by atoms with van der Waals surface area (Å²) in [6.07, 6.45) is -8.83. The maximum Gasteiger partial charge on any atom is 0.305 e. The SMILES string of the molecule is COC(=O)CCCCCCCCO[C@@H]1O[C@H](CO[C@H]2O[C@H](CO)[C@H](O)[C@H](O)[C@H]2O)[C@@H](O)[C@H](O)[C@H]1O. The third-order valence-corrected chi connectivity index (χ3v) is 6.23. The van der Waals surface area contributed by atoms with Gasteiger partial charge in [0.15, 0.2) is 12.6 Å². The number of rotatable bonds is 14. The van der Waals surface area contributed by atoms with Gasteiger partial charge >= 0.3 is 5.97 Å². The molecule has 10 atom stereocenters. The van der Waals surface area contributed by atoms with Crippen LogP contribution in [0.2, 0.25) is 0 Å². The minimum Gasteiger partial charge on any atom is -0.469 e. The number of carbonyl (C=O) groups excluding carboxylic acids is 1. The lowest BCUT2D eigenvalue weighted by Crippen LogP contribution is -2.61. The van der Waals surface area contributed by atoms with Crippen molar-refractivity contribution in [3.8, 4) is 0 Å². The zero-order chi connectivity index (χ0) is 26.0. The van der Waals surface area contributed by atoms with Crippen molar-refractivity contribution in [3.63, 3.8) is 0 Å². The quantitative estimate of drug-likeness (QED) is 0.0953. The third-order valence-electron chi connectivity index (χ3n) is 6.23. The Labute approximate surface area is 204 Å². The molecule has 0 aromatic rings. The number of esters is 1. The van der Waals surface area contributed by atoms with Crippen LogP contribution in [0.25, 0.3) is 0 Å². The molecule has 0 radical (unpaired) electrons. The molecule has 206 valence electrons. The molecule has 0 spiro atoms. The van der Waals surface area contributed by atoms with Gasteiger partial charge in [0.1, 0.15) is 48.8 Å². The van der Waals surface area contributed by atoms with E-state index in [1.807, 2.05) is 0 Å². The molecule has 0 bridgehead atoms. The molecule has 2 aliphatic rings. The Hall–Kier alpha value is -0.970. The smallest absolute Gasteiger partial charge is 0.305 e. The second-order valence-corrected chi connectivity index (χ2v) is 8.86. The predicted molar refractivity (Wildman–Crippen MR) is 117 cm³/mol. The van der Waals surface area contributed by atoms with Gasteiger partial charge in [-0.25, -0.2) is 0 Å². The van der Waals surface area contributed by atoms with Crippen LogP contribution in [0.1, 0.15) is 44.9 Å². The summed E-state index contributed by atoms with van der Waals surface area (Å²) >= 11 is 0. The van der Waals surface area contributed by atoms with Crippen molar-refractivity contribution in [2.24, 2.45) is 0 Å². The molecule has 2 fully saturated rings. The first kappa shape index (κ1) is 30.3. The van der Waals surface area contributed by atoms with E-state index < -0.39 is 74.6 Å². The van der Waals surface area contributed by atoms with E-state index in [1.165, 1.54) is 7.11 Å². The molecule has 0 saturated carbocycles. The van der Waals surface area contributed by atoms with Crippen molar-refractivity contribution >= 4 is 5.97 Å². The van der Waals surface area contributed by atoms with Crippen LogP contribution in [0, 0.1) is 0 Å². The van der Waals surface area contributed by atoms with Gasteiger partial charge in [0, 0.05) is 13.0 Å². The van der Waals surface area contributed by atoms with Gasteiger partial charge in [0.2, 0.25) is 0 Å². The van der Waals surface area contributed by atoms with E-state index in [0.717, 1.165) is 32.1 Å². The van der Waals surface area contributed by atoms with E-state index in [2.05, 4.69) is 4.74 Å². The summed E-state index contributed by atoms with van der Waals surface area (Å²) in [4.78, 5) is 11.1. The highest BCUT2D eigenvalue weighted by atomic mass is 16.7. The molecule has 35 heavy (non-hydrogen) atoms. The average molecular weight is 513 g/mol. The Morgan fingerprint density at radius 1 is 0.686 bits per heavy atom. The Kier molecular flexibility index (Phi) is 13.2. The van der Waals surface area contributed by atoms with Crippen molar-refractivity contribution in [2.45, 2.75) is 106 Å². The van der Waals surface area contributed by atoms with Crippen molar-refractivity contribution < 1.29 is 64.2 Å².